The molecule has 21 heavy (non-hydrogen) atoms. The molecule has 0 unspecified atom stereocenters. The molecule has 0 aliphatic rings. The molecule has 3 rings (SSSR count). The Kier molecular flexibility index (Phi) is 3.39. The van der Waals surface area contributed by atoms with Crippen molar-refractivity contribution in [1.29, 1.82) is 0 Å². The van der Waals surface area contributed by atoms with E-state index in [2.05, 4.69) is 10.4 Å². The third kappa shape index (κ3) is 2.62. The van der Waals surface area contributed by atoms with Gasteiger partial charge in [-0.05, 0) is 36.6 Å². The van der Waals surface area contributed by atoms with Gasteiger partial charge >= 0.3 is 0 Å². The fraction of sp³-hybridized carbons (Fsp3) is 0.200. The Morgan fingerprint density at radius 2 is 2.24 bits per heavy atom. The smallest absolute Gasteiger partial charge is 0.261 e. The number of nitrogen functional groups attached to an aromatic ring is 1. The van der Waals surface area contributed by atoms with Crippen molar-refractivity contribution in [2.45, 2.75) is 13.5 Å². The Bertz CT molecular complexity index is 818. The second-order valence-electron chi connectivity index (χ2n) is 4.97. The van der Waals surface area contributed by atoms with Gasteiger partial charge in [0.05, 0.1) is 11.1 Å². The van der Waals surface area contributed by atoms with Crippen molar-refractivity contribution in [2.75, 3.05) is 5.73 Å². The van der Waals surface area contributed by atoms with Crippen molar-refractivity contribution < 1.29 is 4.79 Å². The van der Waals surface area contributed by atoms with E-state index < -0.39 is 0 Å². The molecule has 6 heteroatoms. The van der Waals surface area contributed by atoms with E-state index >= 15 is 0 Å². The SMILES string of the molecule is Cc1c(CNC(=O)c2cc3cc(N)ccc3s2)cnn1C. The van der Waals surface area contributed by atoms with Crippen molar-refractivity contribution in [3.63, 3.8) is 0 Å². The molecule has 108 valence electrons. The number of aryl methyl sites for hydroxylation is 1. The van der Waals surface area contributed by atoms with Crippen LogP contribution in [0.5, 0.6) is 0 Å². The molecular weight excluding hydrogens is 284 g/mol. The van der Waals surface area contributed by atoms with E-state index in [9.17, 15) is 4.79 Å². The van der Waals surface area contributed by atoms with E-state index in [0.29, 0.717) is 17.1 Å². The maximum Gasteiger partial charge on any atom is 0.261 e. The monoisotopic (exact) mass is 300 g/mol. The van der Waals surface area contributed by atoms with Crippen molar-refractivity contribution in [3.8, 4) is 0 Å². The van der Waals surface area contributed by atoms with Gasteiger partial charge in [0.25, 0.3) is 5.91 Å². The standard InChI is InChI=1S/C15H16N4OS/c1-9-11(8-18-19(9)2)7-17-15(20)14-6-10-5-12(16)3-4-13(10)21-14/h3-6,8H,7,16H2,1-2H3,(H,17,20). The molecule has 0 saturated carbocycles. The van der Waals surface area contributed by atoms with Gasteiger partial charge in [-0.1, -0.05) is 0 Å². The van der Waals surface area contributed by atoms with Gasteiger partial charge in [0, 0.05) is 35.2 Å². The molecule has 3 aromatic rings. The summed E-state index contributed by atoms with van der Waals surface area (Å²) in [4.78, 5) is 12.9. The molecule has 1 aromatic carbocycles. The summed E-state index contributed by atoms with van der Waals surface area (Å²) < 4.78 is 2.86. The number of thiophene rings is 1. The molecular formula is C15H16N4OS. The van der Waals surface area contributed by atoms with E-state index in [1.165, 1.54) is 11.3 Å². The number of nitrogens with two attached hydrogens (primary N) is 1. The zero-order valence-electron chi connectivity index (χ0n) is 11.9. The van der Waals surface area contributed by atoms with Crippen LogP contribution >= 0.6 is 11.3 Å². The molecule has 2 heterocycles. The van der Waals surface area contributed by atoms with E-state index in [0.717, 1.165) is 21.3 Å². The second kappa shape index (κ2) is 5.21. The number of nitrogens with zero attached hydrogens (tertiary/aromatic N) is 2. The molecule has 2 aromatic heterocycles. The highest BCUT2D eigenvalue weighted by Crippen LogP contribution is 2.27. The number of benzene rings is 1. The molecule has 0 fully saturated rings. The maximum absolute atomic E-state index is 12.2. The van der Waals surface area contributed by atoms with Crippen molar-refractivity contribution in [3.05, 3.63) is 46.6 Å². The minimum absolute atomic E-state index is 0.0713. The van der Waals surface area contributed by atoms with Crippen LogP contribution < -0.4 is 11.1 Å². The highest BCUT2D eigenvalue weighted by molar-refractivity contribution is 7.20. The number of hydrogen-bond acceptors (Lipinski definition) is 4. The number of amides is 1. The van der Waals surface area contributed by atoms with Gasteiger partial charge in [-0.15, -0.1) is 11.3 Å². The number of fused-ring (bicyclic) bond motifs is 1. The molecule has 1 amide bonds. The van der Waals surface area contributed by atoms with Crippen molar-refractivity contribution in [1.82, 2.24) is 15.1 Å². The number of carbonyl (C=O) groups excluding carboxylic acids is 1. The quantitative estimate of drug-likeness (QED) is 0.730. The molecule has 0 spiro atoms. The van der Waals surface area contributed by atoms with Crippen LogP contribution in [-0.2, 0) is 13.6 Å². The summed E-state index contributed by atoms with van der Waals surface area (Å²) in [7, 11) is 1.89. The highest BCUT2D eigenvalue weighted by atomic mass is 32.1. The zero-order valence-corrected chi connectivity index (χ0v) is 12.7. The zero-order chi connectivity index (χ0) is 15.0. The summed E-state index contributed by atoms with van der Waals surface area (Å²) >= 11 is 1.47. The van der Waals surface area contributed by atoms with Crippen LogP contribution in [0.3, 0.4) is 0 Å². The first-order valence-corrected chi connectivity index (χ1v) is 7.41. The first-order valence-electron chi connectivity index (χ1n) is 6.59. The van der Waals surface area contributed by atoms with Gasteiger partial charge in [0.2, 0.25) is 0 Å². The number of anilines is 1. The number of carbonyl (C=O) groups is 1. The summed E-state index contributed by atoms with van der Waals surface area (Å²) in [5.41, 5.74) is 8.54. The minimum Gasteiger partial charge on any atom is -0.399 e. The fourth-order valence-corrected chi connectivity index (χ4v) is 3.11. The largest absolute Gasteiger partial charge is 0.399 e. The average molecular weight is 300 g/mol. The molecule has 3 N–H and O–H groups in total. The summed E-state index contributed by atoms with van der Waals surface area (Å²) in [6.45, 7) is 2.46. The number of nitrogens with one attached hydrogen (secondary N) is 1. The van der Waals surface area contributed by atoms with Gasteiger partial charge in [-0.25, -0.2) is 0 Å². The van der Waals surface area contributed by atoms with Gasteiger partial charge < -0.3 is 11.1 Å². The third-order valence-electron chi connectivity index (χ3n) is 3.54. The maximum atomic E-state index is 12.2. The van der Waals surface area contributed by atoms with E-state index in [-0.39, 0.29) is 5.91 Å². The lowest BCUT2D eigenvalue weighted by atomic mass is 10.2. The highest BCUT2D eigenvalue weighted by Gasteiger charge is 2.11. The van der Waals surface area contributed by atoms with Gasteiger partial charge in [-0.3, -0.25) is 9.48 Å². The summed E-state index contributed by atoms with van der Waals surface area (Å²) in [6, 6.07) is 7.55. The average Bonchev–Trinajstić information content (AvgIpc) is 3.01. The van der Waals surface area contributed by atoms with Crippen LogP contribution in [0.25, 0.3) is 10.1 Å². The Labute approximate surface area is 126 Å². The molecule has 5 nitrogen and oxygen atoms in total. The van der Waals surface area contributed by atoms with Crippen LogP contribution in [0, 0.1) is 6.92 Å². The van der Waals surface area contributed by atoms with E-state index in [1.54, 1.807) is 10.9 Å². The van der Waals surface area contributed by atoms with Crippen molar-refractivity contribution in [2.24, 2.45) is 7.05 Å². The summed E-state index contributed by atoms with van der Waals surface area (Å²) in [5, 5.41) is 8.10. The Balaban J connectivity index is 1.76. The predicted octanol–water partition coefficient (Wildman–Crippen LogP) is 2.46. The first kappa shape index (κ1) is 13.6. The van der Waals surface area contributed by atoms with Crippen LogP contribution in [0.15, 0.2) is 30.5 Å². The fourth-order valence-electron chi connectivity index (χ4n) is 2.15. The third-order valence-corrected chi connectivity index (χ3v) is 4.66. The summed E-state index contributed by atoms with van der Waals surface area (Å²) in [6.07, 6.45) is 1.78. The number of aromatic nitrogens is 2. The number of hydrogen-bond donors (Lipinski definition) is 2. The molecule has 0 saturated heterocycles. The molecule has 0 aliphatic carbocycles. The Hall–Kier alpha value is -2.34. The molecule has 0 aliphatic heterocycles. The van der Waals surface area contributed by atoms with Crippen LogP contribution in [0.2, 0.25) is 0 Å². The van der Waals surface area contributed by atoms with E-state index in [1.807, 2.05) is 38.2 Å². The predicted molar refractivity (Wildman–Crippen MR) is 85.4 cm³/mol. The lowest BCUT2D eigenvalue weighted by Crippen LogP contribution is -2.22. The molecule has 0 atom stereocenters. The molecule has 0 radical (unpaired) electrons. The van der Waals surface area contributed by atoms with Crippen molar-refractivity contribution >= 4 is 33.0 Å². The summed E-state index contributed by atoms with van der Waals surface area (Å²) in [5.74, 6) is -0.0713. The lowest BCUT2D eigenvalue weighted by Gasteiger charge is -2.03. The lowest BCUT2D eigenvalue weighted by molar-refractivity contribution is 0.0955. The van der Waals surface area contributed by atoms with Gasteiger partial charge in [-0.2, -0.15) is 5.10 Å². The topological polar surface area (TPSA) is 72.9 Å². The second-order valence-corrected chi connectivity index (χ2v) is 6.05. The Morgan fingerprint density at radius 1 is 1.43 bits per heavy atom. The van der Waals surface area contributed by atoms with Gasteiger partial charge in [0.1, 0.15) is 0 Å². The minimum atomic E-state index is -0.0713. The van der Waals surface area contributed by atoms with Crippen LogP contribution in [-0.4, -0.2) is 15.7 Å². The Morgan fingerprint density at radius 3 is 2.95 bits per heavy atom. The molecule has 0 bridgehead atoms. The van der Waals surface area contributed by atoms with Crippen LogP contribution in [0.4, 0.5) is 5.69 Å². The van der Waals surface area contributed by atoms with Crippen LogP contribution in [0.1, 0.15) is 20.9 Å². The first-order chi connectivity index (χ1) is 10.0. The van der Waals surface area contributed by atoms with E-state index in [4.69, 9.17) is 5.73 Å². The normalized spacial score (nSPS) is 11.0. The number of rotatable bonds is 3. The van der Waals surface area contributed by atoms with Gasteiger partial charge in [0.15, 0.2) is 0 Å².